The van der Waals surface area contributed by atoms with Crippen LogP contribution in [0.3, 0.4) is 0 Å². The number of aromatic nitrogens is 1. The van der Waals surface area contributed by atoms with E-state index in [4.69, 9.17) is 15.0 Å². The first kappa shape index (κ1) is 26.0. The van der Waals surface area contributed by atoms with Crippen molar-refractivity contribution in [2.45, 2.75) is 13.8 Å². The normalized spacial score (nSPS) is 12.0. The van der Waals surface area contributed by atoms with Gasteiger partial charge in [0.1, 0.15) is 0 Å². The predicted molar refractivity (Wildman–Crippen MR) is 165 cm³/mol. The zero-order valence-corrected chi connectivity index (χ0v) is 24.2. The topological polar surface area (TPSA) is 37.6 Å². The Morgan fingerprint density at radius 1 is 0.500 bits per heavy atom. The molecular formula is C33H25Br2N3. The molecule has 38 heavy (non-hydrogen) atoms. The second-order valence-electron chi connectivity index (χ2n) is 8.87. The fourth-order valence-corrected chi connectivity index (χ4v) is 5.29. The fourth-order valence-electron chi connectivity index (χ4n) is 4.18. The third-order valence-electron chi connectivity index (χ3n) is 6.15. The molecule has 0 atom stereocenters. The van der Waals surface area contributed by atoms with Crippen molar-refractivity contribution in [1.82, 2.24) is 4.98 Å². The number of benzene rings is 4. The molecule has 5 rings (SSSR count). The van der Waals surface area contributed by atoms with Crippen molar-refractivity contribution in [2.75, 3.05) is 0 Å². The number of nitrogens with zero attached hydrogens (tertiary/aromatic N) is 3. The molecule has 5 aromatic rings. The maximum Gasteiger partial charge on any atom is 0.0966 e. The molecule has 0 unspecified atom stereocenters. The second kappa shape index (κ2) is 11.8. The van der Waals surface area contributed by atoms with Crippen molar-refractivity contribution < 1.29 is 0 Å². The molecule has 1 aromatic heterocycles. The average Bonchev–Trinajstić information content (AvgIpc) is 2.94. The van der Waals surface area contributed by atoms with E-state index in [1.165, 1.54) is 0 Å². The Kier molecular flexibility index (Phi) is 8.06. The van der Waals surface area contributed by atoms with Crippen LogP contribution < -0.4 is 0 Å². The highest BCUT2D eigenvalue weighted by Gasteiger charge is 2.16. The Morgan fingerprint density at radius 3 is 1.29 bits per heavy atom. The Labute approximate surface area is 240 Å². The second-order valence-corrected chi connectivity index (χ2v) is 10.6. The van der Waals surface area contributed by atoms with Gasteiger partial charge in [-0.05, 0) is 81.1 Å². The standard InChI is InChI=1S/C33H25Br2N3/c1-22-12-9-18-26(34)30(22)37-32(24-14-5-3-6-15-24)28-20-11-21-29(36-28)33(25-16-7-4-8-17-25)38-31-23(2)13-10-19-27(31)35/h3-21H,1-2H3. The molecule has 0 aliphatic heterocycles. The number of para-hydroxylation sites is 2. The van der Waals surface area contributed by atoms with Gasteiger partial charge in [0.05, 0.1) is 34.2 Å². The molecule has 0 aliphatic rings. The summed E-state index contributed by atoms with van der Waals surface area (Å²) in [5.41, 5.74) is 9.07. The van der Waals surface area contributed by atoms with Gasteiger partial charge in [0, 0.05) is 20.1 Å². The van der Waals surface area contributed by atoms with Crippen LogP contribution in [0.2, 0.25) is 0 Å². The van der Waals surface area contributed by atoms with Crippen molar-refractivity contribution in [3.8, 4) is 0 Å². The summed E-state index contributed by atoms with van der Waals surface area (Å²) < 4.78 is 1.89. The van der Waals surface area contributed by atoms with E-state index in [1.807, 2.05) is 78.9 Å². The number of aryl methyl sites for hydroxylation is 2. The zero-order chi connectivity index (χ0) is 26.5. The van der Waals surface area contributed by atoms with E-state index in [9.17, 15) is 0 Å². The minimum atomic E-state index is 0.774. The van der Waals surface area contributed by atoms with Crippen molar-refractivity contribution in [3.05, 3.63) is 158 Å². The van der Waals surface area contributed by atoms with Crippen LogP contribution >= 0.6 is 31.9 Å². The Hall–Kier alpha value is -3.67. The molecule has 0 amide bonds. The van der Waals surface area contributed by atoms with Crippen molar-refractivity contribution in [3.63, 3.8) is 0 Å². The molecule has 0 saturated heterocycles. The molecule has 0 N–H and O–H groups in total. The largest absolute Gasteiger partial charge is 0.245 e. The van der Waals surface area contributed by atoms with Gasteiger partial charge < -0.3 is 0 Å². The molecular weight excluding hydrogens is 598 g/mol. The SMILES string of the molecule is Cc1cccc(Br)c1N=C(c1ccccc1)c1cccc(C(=Nc2c(C)cccc2Br)c2ccccc2)n1. The van der Waals surface area contributed by atoms with E-state index >= 15 is 0 Å². The van der Waals surface area contributed by atoms with Crippen LogP contribution in [0.1, 0.15) is 33.6 Å². The van der Waals surface area contributed by atoms with E-state index < -0.39 is 0 Å². The number of pyridine rings is 1. The van der Waals surface area contributed by atoms with Gasteiger partial charge in [-0.3, -0.25) is 0 Å². The highest BCUT2D eigenvalue weighted by atomic mass is 79.9. The highest BCUT2D eigenvalue weighted by molar-refractivity contribution is 9.11. The van der Waals surface area contributed by atoms with E-state index in [2.05, 4.69) is 82.1 Å². The molecule has 186 valence electrons. The minimum Gasteiger partial charge on any atom is -0.245 e. The third kappa shape index (κ3) is 5.74. The molecule has 1 heterocycles. The van der Waals surface area contributed by atoms with E-state index in [-0.39, 0.29) is 0 Å². The first-order valence-corrected chi connectivity index (χ1v) is 13.9. The van der Waals surface area contributed by atoms with Crippen molar-refractivity contribution >= 4 is 54.7 Å². The predicted octanol–water partition coefficient (Wildman–Crippen LogP) is 9.56. The van der Waals surface area contributed by atoms with Crippen LogP contribution in [0.25, 0.3) is 0 Å². The van der Waals surface area contributed by atoms with Gasteiger partial charge in [-0.25, -0.2) is 15.0 Å². The molecule has 0 fully saturated rings. The first-order chi connectivity index (χ1) is 18.5. The molecule has 0 radical (unpaired) electrons. The van der Waals surface area contributed by atoms with E-state index in [1.54, 1.807) is 0 Å². The van der Waals surface area contributed by atoms with Crippen LogP contribution in [-0.4, -0.2) is 16.4 Å². The lowest BCUT2D eigenvalue weighted by atomic mass is 10.0. The smallest absolute Gasteiger partial charge is 0.0966 e. The Balaban J connectivity index is 1.72. The average molecular weight is 623 g/mol. The summed E-state index contributed by atoms with van der Waals surface area (Å²) in [5.74, 6) is 0. The van der Waals surface area contributed by atoms with Gasteiger partial charge in [-0.1, -0.05) is 91.0 Å². The summed E-state index contributed by atoms with van der Waals surface area (Å²) in [6.07, 6.45) is 0. The van der Waals surface area contributed by atoms with Gasteiger partial charge in [0.2, 0.25) is 0 Å². The summed E-state index contributed by atoms with van der Waals surface area (Å²) in [4.78, 5) is 15.4. The molecule has 0 spiro atoms. The minimum absolute atomic E-state index is 0.774. The third-order valence-corrected chi connectivity index (χ3v) is 7.43. The zero-order valence-electron chi connectivity index (χ0n) is 21.1. The van der Waals surface area contributed by atoms with Gasteiger partial charge in [0.15, 0.2) is 0 Å². The lowest BCUT2D eigenvalue weighted by Gasteiger charge is -2.13. The van der Waals surface area contributed by atoms with Crippen molar-refractivity contribution in [2.24, 2.45) is 9.98 Å². The fraction of sp³-hybridized carbons (Fsp3) is 0.0606. The molecule has 4 aromatic carbocycles. The summed E-state index contributed by atoms with van der Waals surface area (Å²) in [5, 5.41) is 0. The summed E-state index contributed by atoms with van der Waals surface area (Å²) >= 11 is 7.38. The monoisotopic (exact) mass is 621 g/mol. The first-order valence-electron chi connectivity index (χ1n) is 12.3. The Morgan fingerprint density at radius 2 is 0.895 bits per heavy atom. The van der Waals surface area contributed by atoms with Crippen LogP contribution in [-0.2, 0) is 0 Å². The quantitative estimate of drug-likeness (QED) is 0.174. The molecule has 5 heteroatoms. The van der Waals surface area contributed by atoms with Crippen LogP contribution in [0, 0.1) is 13.8 Å². The number of aliphatic imine (C=N–C) groups is 2. The van der Waals surface area contributed by atoms with E-state index in [0.29, 0.717) is 0 Å². The summed E-state index contributed by atoms with van der Waals surface area (Å²) in [7, 11) is 0. The number of hydrogen-bond donors (Lipinski definition) is 0. The Bertz CT molecular complexity index is 1480. The number of hydrogen-bond acceptors (Lipinski definition) is 3. The van der Waals surface area contributed by atoms with Crippen LogP contribution in [0.4, 0.5) is 11.4 Å². The maximum atomic E-state index is 5.14. The van der Waals surface area contributed by atoms with Crippen LogP contribution in [0.15, 0.2) is 134 Å². The van der Waals surface area contributed by atoms with Gasteiger partial charge in [-0.2, -0.15) is 0 Å². The number of rotatable bonds is 6. The van der Waals surface area contributed by atoms with Crippen molar-refractivity contribution in [1.29, 1.82) is 0 Å². The van der Waals surface area contributed by atoms with Gasteiger partial charge in [-0.15, -0.1) is 0 Å². The molecule has 0 bridgehead atoms. The van der Waals surface area contributed by atoms with E-state index in [0.717, 1.165) is 65.4 Å². The van der Waals surface area contributed by atoms with Crippen LogP contribution in [0.5, 0.6) is 0 Å². The molecule has 0 aliphatic carbocycles. The van der Waals surface area contributed by atoms with Gasteiger partial charge >= 0.3 is 0 Å². The lowest BCUT2D eigenvalue weighted by molar-refractivity contribution is 1.24. The summed E-state index contributed by atoms with van der Waals surface area (Å²) in [6, 6.07) is 38.6. The lowest BCUT2D eigenvalue weighted by Crippen LogP contribution is -2.12. The maximum absolute atomic E-state index is 5.14. The summed E-state index contributed by atoms with van der Waals surface area (Å²) in [6.45, 7) is 4.13. The van der Waals surface area contributed by atoms with Gasteiger partial charge in [0.25, 0.3) is 0 Å². The molecule has 0 saturated carbocycles. The molecule has 3 nitrogen and oxygen atoms in total. The number of halogens is 2. The highest BCUT2D eigenvalue weighted by Crippen LogP contribution is 2.32.